The number of rotatable bonds is 5. The first-order valence-electron chi connectivity index (χ1n) is 6.82. The van der Waals surface area contributed by atoms with Gasteiger partial charge in [0.25, 0.3) is 0 Å². The maximum atomic E-state index is 12.0. The number of fused-ring (bicyclic) bond motifs is 1. The molecule has 0 aromatic heterocycles. The molecule has 0 spiro atoms. The number of hydrogen-bond acceptors (Lipinski definition) is 6. The van der Waals surface area contributed by atoms with Crippen molar-refractivity contribution in [2.24, 2.45) is 17.6 Å². The van der Waals surface area contributed by atoms with E-state index >= 15 is 0 Å². The largest absolute Gasteiger partial charge is 1.00 e. The smallest absolute Gasteiger partial charge is 0.543 e. The summed E-state index contributed by atoms with van der Waals surface area (Å²) in [5.41, 5.74) is 5.02. The average Bonchev–Trinajstić information content (AvgIpc) is 2.64. The van der Waals surface area contributed by atoms with Gasteiger partial charge in [0.15, 0.2) is 0 Å². The molecule has 0 aromatic carbocycles. The quantitative estimate of drug-likeness (QED) is 0.385. The molecule has 2 amide bonds. The minimum atomic E-state index is -1.46. The molecule has 0 unspecified atom stereocenters. The van der Waals surface area contributed by atoms with Crippen LogP contribution in [0.1, 0.15) is 13.8 Å². The third kappa shape index (κ3) is 3.45. The molecule has 0 bridgehead atoms. The van der Waals surface area contributed by atoms with Crippen molar-refractivity contribution in [2.75, 3.05) is 6.61 Å². The number of amides is 2. The van der Waals surface area contributed by atoms with Crippen LogP contribution in [0.5, 0.6) is 0 Å². The zero-order chi connectivity index (χ0) is 16.6. The van der Waals surface area contributed by atoms with Crippen LogP contribution in [0.15, 0.2) is 23.4 Å². The van der Waals surface area contributed by atoms with Gasteiger partial charge in [-0.1, -0.05) is 13.0 Å². The number of nitrogens with two attached hydrogens (primary N) is 1. The van der Waals surface area contributed by atoms with Crippen LogP contribution in [0, 0.1) is 11.8 Å². The fourth-order valence-corrected chi connectivity index (χ4v) is 3.11. The SMILES string of the molecule is C[C@@H](O)[C@H]1C(=O)N2C(C(=O)[O-])=C(/C=C/COC(N)=O)[C@H](C)[C@H]12.[Na+]. The van der Waals surface area contributed by atoms with Gasteiger partial charge in [-0.15, -0.1) is 0 Å². The summed E-state index contributed by atoms with van der Waals surface area (Å²) in [6.07, 6.45) is 1.11. The number of nitrogens with zero attached hydrogens (tertiary/aromatic N) is 1. The molecule has 4 atom stereocenters. The zero-order valence-corrected chi connectivity index (χ0v) is 15.2. The number of carbonyl (C=O) groups is 3. The van der Waals surface area contributed by atoms with Crippen molar-refractivity contribution in [1.82, 2.24) is 4.90 Å². The van der Waals surface area contributed by atoms with Crippen molar-refractivity contribution >= 4 is 18.0 Å². The molecular formula is C14H17N2NaO6. The number of β-lactam (4-membered cyclic amide) rings is 1. The summed E-state index contributed by atoms with van der Waals surface area (Å²) in [5.74, 6) is -2.79. The molecule has 1 fully saturated rings. The van der Waals surface area contributed by atoms with E-state index in [0.717, 1.165) is 4.90 Å². The van der Waals surface area contributed by atoms with Crippen molar-refractivity contribution in [2.45, 2.75) is 26.0 Å². The van der Waals surface area contributed by atoms with E-state index in [9.17, 15) is 24.6 Å². The summed E-state index contributed by atoms with van der Waals surface area (Å²) >= 11 is 0. The molecule has 1 saturated heterocycles. The topological polar surface area (TPSA) is 133 Å². The van der Waals surface area contributed by atoms with Crippen LogP contribution in [0.4, 0.5) is 4.79 Å². The number of carbonyl (C=O) groups excluding carboxylic acids is 3. The van der Waals surface area contributed by atoms with Gasteiger partial charge >= 0.3 is 35.7 Å². The number of aliphatic carboxylic acids is 1. The van der Waals surface area contributed by atoms with Crippen LogP contribution in [0.25, 0.3) is 0 Å². The molecule has 0 aromatic rings. The summed E-state index contributed by atoms with van der Waals surface area (Å²) in [4.78, 5) is 35.0. The number of hydrogen-bond donors (Lipinski definition) is 2. The molecule has 3 N–H and O–H groups in total. The van der Waals surface area contributed by atoms with Crippen LogP contribution in [0.2, 0.25) is 0 Å². The van der Waals surface area contributed by atoms with Crippen molar-refractivity contribution in [3.63, 3.8) is 0 Å². The average molecular weight is 332 g/mol. The first-order valence-corrected chi connectivity index (χ1v) is 6.82. The second-order valence-electron chi connectivity index (χ2n) is 5.38. The molecule has 0 aliphatic carbocycles. The minimum Gasteiger partial charge on any atom is -0.543 e. The molecule has 2 heterocycles. The van der Waals surface area contributed by atoms with Gasteiger partial charge in [-0.25, -0.2) is 4.79 Å². The standard InChI is InChI=1S/C14H18N2O6.Na/c1-6-8(4-3-5-22-14(15)21)11(13(19)20)16-10(6)9(7(2)17)12(16)18;/h3-4,6-7,9-10,17H,5H2,1-2H3,(H2,15,21)(H,19,20);/q;+1/p-1/b4-3+;/t6-,7+,9+,10+;/m0./s1. The van der Waals surface area contributed by atoms with Crippen molar-refractivity contribution < 1.29 is 58.9 Å². The maximum Gasteiger partial charge on any atom is 1.00 e. The van der Waals surface area contributed by atoms with Gasteiger partial charge in [-0.2, -0.15) is 0 Å². The number of ether oxygens (including phenoxy) is 1. The van der Waals surface area contributed by atoms with Gasteiger partial charge in [0.1, 0.15) is 6.61 Å². The van der Waals surface area contributed by atoms with E-state index in [0.29, 0.717) is 5.57 Å². The van der Waals surface area contributed by atoms with Crippen molar-refractivity contribution in [3.05, 3.63) is 23.4 Å². The zero-order valence-electron chi connectivity index (χ0n) is 13.2. The van der Waals surface area contributed by atoms with E-state index in [-0.39, 0.29) is 47.8 Å². The number of aliphatic hydroxyl groups is 1. The van der Waals surface area contributed by atoms with Crippen LogP contribution in [-0.2, 0) is 14.3 Å². The Morgan fingerprint density at radius 3 is 2.61 bits per heavy atom. The first-order chi connectivity index (χ1) is 10.3. The van der Waals surface area contributed by atoms with Crippen LogP contribution >= 0.6 is 0 Å². The Balaban J connectivity index is 0.00000264. The Bertz CT molecular complexity index is 586. The number of carboxylic acid groups (broad SMARTS) is 1. The Hall–Kier alpha value is -1.35. The summed E-state index contributed by atoms with van der Waals surface area (Å²) in [6, 6.07) is -0.405. The van der Waals surface area contributed by atoms with Crippen LogP contribution < -0.4 is 40.4 Å². The van der Waals surface area contributed by atoms with Crippen molar-refractivity contribution in [1.29, 1.82) is 0 Å². The first kappa shape index (κ1) is 19.7. The third-order valence-corrected chi connectivity index (χ3v) is 4.04. The fraction of sp³-hybridized carbons (Fsp3) is 0.500. The molecule has 0 saturated carbocycles. The van der Waals surface area contributed by atoms with E-state index in [1.54, 1.807) is 6.92 Å². The minimum absolute atomic E-state index is 0. The van der Waals surface area contributed by atoms with Crippen molar-refractivity contribution in [3.8, 4) is 0 Å². The predicted octanol–water partition coefficient (Wildman–Crippen LogP) is -4.50. The monoisotopic (exact) mass is 332 g/mol. The van der Waals surface area contributed by atoms with E-state index < -0.39 is 36.0 Å². The van der Waals surface area contributed by atoms with E-state index in [1.807, 2.05) is 0 Å². The number of carboxylic acids is 1. The van der Waals surface area contributed by atoms with Gasteiger partial charge in [0, 0.05) is 5.92 Å². The Kier molecular flexibility index (Phi) is 6.41. The maximum absolute atomic E-state index is 12.0. The van der Waals surface area contributed by atoms with Gasteiger partial charge in [0.2, 0.25) is 5.91 Å². The van der Waals surface area contributed by atoms with Gasteiger partial charge in [-0.05, 0) is 18.6 Å². The molecule has 9 heteroatoms. The molecule has 2 aliphatic heterocycles. The second kappa shape index (κ2) is 7.48. The molecule has 23 heavy (non-hydrogen) atoms. The Labute approximate surface area is 155 Å². The number of allylic oxidation sites excluding steroid dienone is 1. The fourth-order valence-electron chi connectivity index (χ4n) is 3.11. The van der Waals surface area contributed by atoms with Gasteiger partial charge in [0.05, 0.1) is 29.7 Å². The van der Waals surface area contributed by atoms with Gasteiger partial charge < -0.3 is 30.4 Å². The van der Waals surface area contributed by atoms with Gasteiger partial charge in [-0.3, -0.25) is 4.79 Å². The second-order valence-corrected chi connectivity index (χ2v) is 5.38. The Morgan fingerprint density at radius 1 is 1.52 bits per heavy atom. The number of primary amides is 1. The molecular weight excluding hydrogens is 315 g/mol. The summed E-state index contributed by atoms with van der Waals surface area (Å²) in [6.45, 7) is 3.16. The molecule has 0 radical (unpaired) electrons. The summed E-state index contributed by atoms with van der Waals surface area (Å²) in [7, 11) is 0. The molecule has 2 rings (SSSR count). The summed E-state index contributed by atoms with van der Waals surface area (Å²) < 4.78 is 4.53. The van der Waals surface area contributed by atoms with E-state index in [1.165, 1.54) is 19.1 Å². The normalized spacial score (nSPS) is 27.3. The number of aliphatic hydroxyl groups excluding tert-OH is 1. The molecule has 120 valence electrons. The Morgan fingerprint density at radius 2 is 2.13 bits per heavy atom. The molecule has 2 aliphatic rings. The molecule has 8 nitrogen and oxygen atoms in total. The van der Waals surface area contributed by atoms with E-state index in [4.69, 9.17) is 5.73 Å². The van der Waals surface area contributed by atoms with Crippen LogP contribution in [-0.4, -0.2) is 46.7 Å². The predicted molar refractivity (Wildman–Crippen MR) is 71.7 cm³/mol. The third-order valence-electron chi connectivity index (χ3n) is 4.04. The van der Waals surface area contributed by atoms with Crippen LogP contribution in [0.3, 0.4) is 0 Å². The van der Waals surface area contributed by atoms with E-state index in [2.05, 4.69) is 4.74 Å². The summed E-state index contributed by atoms with van der Waals surface area (Å²) in [5, 5.41) is 21.0.